The number of nitrogens with zero attached hydrogens (tertiary/aromatic N) is 2. The molecule has 35 heavy (non-hydrogen) atoms. The fourth-order valence-corrected chi connectivity index (χ4v) is 5.21. The van der Waals surface area contributed by atoms with Crippen LogP contribution in [-0.4, -0.2) is 16.0 Å². The maximum Gasteiger partial charge on any atom is 0.274 e. The fraction of sp³-hybridized carbons (Fsp3) is 0.143. The molecule has 176 valence electrons. The van der Waals surface area contributed by atoms with Crippen molar-refractivity contribution in [1.29, 1.82) is 0 Å². The van der Waals surface area contributed by atoms with Crippen molar-refractivity contribution in [3.8, 4) is 11.5 Å². The lowest BCUT2D eigenvalue weighted by atomic mass is 10.1. The number of para-hydroxylation sites is 2. The number of rotatable bonds is 8. The number of imidazole rings is 1. The summed E-state index contributed by atoms with van der Waals surface area (Å²) in [5.41, 5.74) is 4.20. The van der Waals surface area contributed by atoms with E-state index >= 15 is 0 Å². The molecule has 5 rings (SSSR count). The van der Waals surface area contributed by atoms with Gasteiger partial charge in [-0.2, -0.15) is 0 Å². The van der Waals surface area contributed by atoms with E-state index in [0.717, 1.165) is 27.7 Å². The highest BCUT2D eigenvalue weighted by Crippen LogP contribution is 2.35. The van der Waals surface area contributed by atoms with Gasteiger partial charge in [0.05, 0.1) is 22.2 Å². The minimum Gasteiger partial charge on any atom is -0.490 e. The molecule has 0 saturated carbocycles. The van der Waals surface area contributed by atoms with Crippen LogP contribution in [0.1, 0.15) is 23.6 Å². The Bertz CT molecular complexity index is 1650. The van der Waals surface area contributed by atoms with Crippen molar-refractivity contribution in [2.24, 2.45) is 0 Å². The molecular formula is C28H23ClN2O3S. The minimum atomic E-state index is -0.0824. The molecule has 3 aromatic carbocycles. The normalized spacial score (nSPS) is 11.9. The van der Waals surface area contributed by atoms with Gasteiger partial charge in [0.25, 0.3) is 5.56 Å². The van der Waals surface area contributed by atoms with Crippen LogP contribution in [0.2, 0.25) is 5.02 Å². The lowest BCUT2D eigenvalue weighted by Gasteiger charge is -2.17. The Labute approximate surface area is 211 Å². The van der Waals surface area contributed by atoms with Gasteiger partial charge in [0.1, 0.15) is 6.61 Å². The second-order valence-corrected chi connectivity index (χ2v) is 9.36. The molecule has 0 saturated heterocycles. The Morgan fingerprint density at radius 2 is 1.89 bits per heavy atom. The third-order valence-electron chi connectivity index (χ3n) is 5.59. The number of aromatic nitrogens is 2. The van der Waals surface area contributed by atoms with E-state index in [9.17, 15) is 4.79 Å². The first-order valence-corrected chi connectivity index (χ1v) is 12.5. The highest BCUT2D eigenvalue weighted by Gasteiger charge is 2.15. The number of halogens is 1. The van der Waals surface area contributed by atoms with Crippen LogP contribution in [-0.2, 0) is 13.0 Å². The van der Waals surface area contributed by atoms with Crippen molar-refractivity contribution in [2.75, 3.05) is 6.61 Å². The topological polar surface area (TPSA) is 52.8 Å². The van der Waals surface area contributed by atoms with Crippen molar-refractivity contribution < 1.29 is 9.47 Å². The van der Waals surface area contributed by atoms with Crippen LogP contribution in [0.5, 0.6) is 11.5 Å². The molecule has 0 aliphatic carbocycles. The Hall–Kier alpha value is -3.61. The zero-order chi connectivity index (χ0) is 24.4. The molecule has 0 aliphatic heterocycles. The van der Waals surface area contributed by atoms with Crippen LogP contribution in [0.15, 0.2) is 78.1 Å². The molecule has 0 bridgehead atoms. The number of hydrogen-bond acceptors (Lipinski definition) is 5. The summed E-state index contributed by atoms with van der Waals surface area (Å²) in [5.74, 6) is 1.27. The molecule has 5 aromatic rings. The summed E-state index contributed by atoms with van der Waals surface area (Å²) in [5, 5.41) is 0.652. The molecule has 0 spiro atoms. The standard InChI is InChI=1S/C28H23ClN2O3S/c1-3-9-19-14-18(15-24(33-4-2)26(19)34-17-20-10-5-6-11-21(20)29)16-25-27(32)31-23-13-8-7-12-22(23)30-28(31)35-25/h3,5-8,10-16H,1,4,9,17H2,2H3. The number of allylic oxidation sites excluding steroid dienone is 1. The highest BCUT2D eigenvalue weighted by atomic mass is 35.5. The van der Waals surface area contributed by atoms with Gasteiger partial charge in [0.15, 0.2) is 16.5 Å². The second-order valence-electron chi connectivity index (χ2n) is 7.95. The van der Waals surface area contributed by atoms with Crippen molar-refractivity contribution in [3.63, 3.8) is 0 Å². The van der Waals surface area contributed by atoms with E-state index < -0.39 is 0 Å². The van der Waals surface area contributed by atoms with E-state index in [1.807, 2.05) is 79.7 Å². The Kier molecular flexibility index (Phi) is 6.57. The van der Waals surface area contributed by atoms with Crippen molar-refractivity contribution in [1.82, 2.24) is 9.38 Å². The van der Waals surface area contributed by atoms with Gasteiger partial charge in [0.2, 0.25) is 0 Å². The van der Waals surface area contributed by atoms with Gasteiger partial charge in [-0.15, -0.1) is 6.58 Å². The summed E-state index contributed by atoms with van der Waals surface area (Å²) >= 11 is 7.69. The van der Waals surface area contributed by atoms with E-state index in [-0.39, 0.29) is 5.56 Å². The lowest BCUT2D eigenvalue weighted by molar-refractivity contribution is 0.267. The zero-order valence-electron chi connectivity index (χ0n) is 19.2. The maximum atomic E-state index is 13.2. The van der Waals surface area contributed by atoms with Crippen LogP contribution in [0.3, 0.4) is 0 Å². The van der Waals surface area contributed by atoms with Crippen LogP contribution in [0, 0.1) is 0 Å². The first-order valence-electron chi connectivity index (χ1n) is 11.3. The molecule has 5 nitrogen and oxygen atoms in total. The summed E-state index contributed by atoms with van der Waals surface area (Å²) in [7, 11) is 0. The summed E-state index contributed by atoms with van der Waals surface area (Å²) in [6.45, 7) is 6.61. The van der Waals surface area contributed by atoms with Crippen LogP contribution in [0.25, 0.3) is 22.1 Å². The van der Waals surface area contributed by atoms with Gasteiger partial charge < -0.3 is 9.47 Å². The van der Waals surface area contributed by atoms with E-state index in [1.165, 1.54) is 11.3 Å². The molecule has 0 N–H and O–H groups in total. The maximum absolute atomic E-state index is 13.2. The monoisotopic (exact) mass is 502 g/mol. The fourth-order valence-electron chi connectivity index (χ4n) is 4.03. The SMILES string of the molecule is C=CCc1cc(C=c2sc3nc4ccccc4n3c2=O)cc(OCC)c1OCc1ccccc1Cl. The first kappa shape index (κ1) is 23.1. The van der Waals surface area contributed by atoms with E-state index in [0.29, 0.717) is 45.6 Å². The highest BCUT2D eigenvalue weighted by molar-refractivity contribution is 7.15. The smallest absolute Gasteiger partial charge is 0.274 e. The van der Waals surface area contributed by atoms with Gasteiger partial charge in [0, 0.05) is 16.1 Å². The van der Waals surface area contributed by atoms with Gasteiger partial charge in [-0.05, 0) is 55.3 Å². The molecule has 2 heterocycles. The quantitative estimate of drug-likeness (QED) is 0.251. The molecule has 7 heteroatoms. The second kappa shape index (κ2) is 9.94. The summed E-state index contributed by atoms with van der Waals surface area (Å²) in [6.07, 6.45) is 4.28. The van der Waals surface area contributed by atoms with Crippen molar-refractivity contribution >= 4 is 45.0 Å². The van der Waals surface area contributed by atoms with Gasteiger partial charge in [-0.3, -0.25) is 4.79 Å². The van der Waals surface area contributed by atoms with Crippen LogP contribution in [0.4, 0.5) is 0 Å². The average molecular weight is 503 g/mol. The van der Waals surface area contributed by atoms with Crippen LogP contribution >= 0.6 is 22.9 Å². The predicted molar refractivity (Wildman–Crippen MR) is 143 cm³/mol. The molecule has 0 unspecified atom stereocenters. The Morgan fingerprint density at radius 1 is 1.09 bits per heavy atom. The predicted octanol–water partition coefficient (Wildman–Crippen LogP) is 5.82. The number of benzene rings is 3. The van der Waals surface area contributed by atoms with Crippen molar-refractivity contribution in [2.45, 2.75) is 20.0 Å². The molecule has 2 aromatic heterocycles. The van der Waals surface area contributed by atoms with Crippen molar-refractivity contribution in [3.05, 3.63) is 110 Å². The zero-order valence-corrected chi connectivity index (χ0v) is 20.7. The molecule has 0 atom stereocenters. The van der Waals surface area contributed by atoms with E-state index in [1.54, 1.807) is 4.40 Å². The number of hydrogen-bond donors (Lipinski definition) is 0. The molecular weight excluding hydrogens is 480 g/mol. The average Bonchev–Trinajstić information content (AvgIpc) is 3.36. The number of thiazole rings is 1. The number of fused-ring (bicyclic) bond motifs is 3. The van der Waals surface area contributed by atoms with Crippen LogP contribution < -0.4 is 19.6 Å². The lowest BCUT2D eigenvalue weighted by Crippen LogP contribution is -2.22. The summed E-state index contributed by atoms with van der Waals surface area (Å²) < 4.78 is 14.4. The third-order valence-corrected chi connectivity index (χ3v) is 6.93. The summed E-state index contributed by atoms with van der Waals surface area (Å²) in [6, 6.07) is 19.2. The van der Waals surface area contributed by atoms with E-state index in [2.05, 4.69) is 11.6 Å². The largest absolute Gasteiger partial charge is 0.490 e. The number of ether oxygens (including phenoxy) is 2. The molecule has 0 amide bonds. The first-order chi connectivity index (χ1) is 17.1. The third kappa shape index (κ3) is 4.55. The Balaban J connectivity index is 1.58. The summed E-state index contributed by atoms with van der Waals surface area (Å²) in [4.78, 5) is 18.5. The minimum absolute atomic E-state index is 0.0824. The Morgan fingerprint density at radius 3 is 2.69 bits per heavy atom. The van der Waals surface area contributed by atoms with E-state index in [4.69, 9.17) is 21.1 Å². The molecule has 0 aliphatic rings. The van der Waals surface area contributed by atoms with Gasteiger partial charge in [-0.25, -0.2) is 9.38 Å². The molecule has 0 fully saturated rings. The van der Waals surface area contributed by atoms with Gasteiger partial charge >= 0.3 is 0 Å². The van der Waals surface area contributed by atoms with Gasteiger partial charge in [-0.1, -0.05) is 59.3 Å². The molecule has 0 radical (unpaired) electrons.